The van der Waals surface area contributed by atoms with E-state index in [2.05, 4.69) is 82.8 Å². The van der Waals surface area contributed by atoms with Gasteiger partial charge in [0.05, 0.1) is 23.9 Å². The minimum atomic E-state index is -0.586. The first-order valence-corrected chi connectivity index (χ1v) is 13.1. The fourth-order valence-corrected chi connectivity index (χ4v) is 5.50. The minimum absolute atomic E-state index is 0.0295. The zero-order chi connectivity index (χ0) is 26.4. The number of aliphatic hydroxyl groups is 1. The number of ether oxygens (including phenoxy) is 1. The van der Waals surface area contributed by atoms with Gasteiger partial charge in [-0.25, -0.2) is 0 Å². The average Bonchev–Trinajstić information content (AvgIpc) is 3.39. The monoisotopic (exact) mass is 507 g/mol. The van der Waals surface area contributed by atoms with Crippen LogP contribution in [0.1, 0.15) is 35.7 Å². The highest BCUT2D eigenvalue weighted by Crippen LogP contribution is 2.44. The summed E-state index contributed by atoms with van der Waals surface area (Å²) in [4.78, 5) is 14.6. The number of hydrogen-bond donors (Lipinski definition) is 1. The first-order valence-electron chi connectivity index (χ1n) is 13.1. The predicted molar refractivity (Wildman–Crippen MR) is 148 cm³/mol. The summed E-state index contributed by atoms with van der Waals surface area (Å²) in [5, 5.41) is 15.4. The maximum atomic E-state index is 12.1. The molecule has 0 amide bonds. The first-order chi connectivity index (χ1) is 18.6. The molecular weight excluding hydrogens is 474 g/mol. The van der Waals surface area contributed by atoms with Gasteiger partial charge in [0.25, 0.3) is 0 Å². The van der Waals surface area contributed by atoms with Gasteiger partial charge in [-0.1, -0.05) is 91.0 Å². The molecule has 1 atom stereocenters. The van der Waals surface area contributed by atoms with Crippen molar-refractivity contribution in [2.75, 3.05) is 19.7 Å². The van der Waals surface area contributed by atoms with Crippen LogP contribution in [0.3, 0.4) is 0 Å². The number of aromatic nitrogens is 2. The summed E-state index contributed by atoms with van der Waals surface area (Å²) in [5.74, 6) is -0.335. The molecule has 1 aliphatic heterocycles. The Balaban J connectivity index is 1.61. The minimum Gasteiger partial charge on any atom is -0.465 e. The van der Waals surface area contributed by atoms with Crippen molar-refractivity contribution < 1.29 is 14.6 Å². The van der Waals surface area contributed by atoms with Crippen molar-refractivity contribution >= 4 is 12.0 Å². The second kappa shape index (κ2) is 11.6. The normalized spacial score (nSPS) is 17.4. The summed E-state index contributed by atoms with van der Waals surface area (Å²) in [7, 11) is 0. The van der Waals surface area contributed by atoms with E-state index in [1.807, 2.05) is 30.3 Å². The van der Waals surface area contributed by atoms with Crippen LogP contribution in [0.15, 0.2) is 109 Å². The third kappa shape index (κ3) is 5.05. The van der Waals surface area contributed by atoms with E-state index in [4.69, 9.17) is 4.74 Å². The van der Waals surface area contributed by atoms with E-state index in [1.165, 1.54) is 16.7 Å². The van der Waals surface area contributed by atoms with Crippen molar-refractivity contribution in [1.29, 1.82) is 0 Å². The standard InChI is InChI=1S/C32H33N3O3/c1-2-38-31(37)24-35-29(18-20-33-35)22-25-23-34(21-19-30(25)36)32(26-12-6-3-7-13-26,27-14-8-4-9-15-27)28-16-10-5-11-17-28/h3-18,20,22,30,36H,2,19,21,23-24H2,1H3. The number of carbonyl (C=O) groups excluding carboxylic acids is 1. The number of nitrogens with zero attached hydrogens (tertiary/aromatic N) is 3. The number of piperidine rings is 1. The van der Waals surface area contributed by atoms with E-state index in [-0.39, 0.29) is 12.5 Å². The molecule has 0 radical (unpaired) electrons. The van der Waals surface area contributed by atoms with E-state index in [9.17, 15) is 9.90 Å². The van der Waals surface area contributed by atoms with Crippen LogP contribution in [0.5, 0.6) is 0 Å². The van der Waals surface area contributed by atoms with Gasteiger partial charge in [0.2, 0.25) is 0 Å². The predicted octanol–water partition coefficient (Wildman–Crippen LogP) is 4.89. The zero-order valence-corrected chi connectivity index (χ0v) is 21.6. The Morgan fingerprint density at radius 3 is 2.03 bits per heavy atom. The van der Waals surface area contributed by atoms with Crippen molar-refractivity contribution in [3.8, 4) is 0 Å². The highest BCUT2D eigenvalue weighted by molar-refractivity contribution is 5.69. The number of hydrogen-bond acceptors (Lipinski definition) is 5. The third-order valence-electron chi connectivity index (χ3n) is 7.19. The fourth-order valence-electron chi connectivity index (χ4n) is 5.50. The molecule has 1 fully saturated rings. The number of likely N-dealkylation sites (tertiary alicyclic amines) is 1. The molecule has 38 heavy (non-hydrogen) atoms. The van der Waals surface area contributed by atoms with Gasteiger partial charge in [0.1, 0.15) is 6.54 Å². The molecule has 4 aromatic rings. The van der Waals surface area contributed by atoms with Crippen LogP contribution in [0.4, 0.5) is 0 Å². The molecule has 1 unspecified atom stereocenters. The van der Waals surface area contributed by atoms with Gasteiger partial charge in [-0.2, -0.15) is 5.10 Å². The molecule has 6 heteroatoms. The number of rotatable bonds is 8. The summed E-state index contributed by atoms with van der Waals surface area (Å²) in [6.07, 6.45) is 3.64. The Hall–Kier alpha value is -4.00. The number of carbonyl (C=O) groups is 1. The van der Waals surface area contributed by atoms with Gasteiger partial charge < -0.3 is 9.84 Å². The molecular formula is C32H33N3O3. The van der Waals surface area contributed by atoms with E-state index in [0.717, 1.165) is 11.3 Å². The molecule has 194 valence electrons. The maximum Gasteiger partial charge on any atom is 0.327 e. The van der Waals surface area contributed by atoms with Crippen molar-refractivity contribution in [2.24, 2.45) is 0 Å². The number of esters is 1. The largest absolute Gasteiger partial charge is 0.465 e. The summed E-state index contributed by atoms with van der Waals surface area (Å²) >= 11 is 0. The average molecular weight is 508 g/mol. The van der Waals surface area contributed by atoms with Crippen molar-refractivity contribution in [2.45, 2.75) is 31.5 Å². The smallest absolute Gasteiger partial charge is 0.327 e. The Morgan fingerprint density at radius 2 is 1.50 bits per heavy atom. The van der Waals surface area contributed by atoms with E-state index >= 15 is 0 Å². The number of aliphatic hydroxyl groups excluding tert-OH is 1. The summed E-state index contributed by atoms with van der Waals surface area (Å²) < 4.78 is 6.73. The SMILES string of the molecule is CCOC(=O)Cn1nccc1C=C1CN(C(c2ccccc2)(c2ccccc2)c2ccccc2)CCC1O. The van der Waals surface area contributed by atoms with Crippen LogP contribution < -0.4 is 0 Å². The zero-order valence-electron chi connectivity index (χ0n) is 21.6. The lowest BCUT2D eigenvalue weighted by Gasteiger charge is -2.48. The van der Waals surface area contributed by atoms with Gasteiger partial charge in [0.15, 0.2) is 0 Å². The van der Waals surface area contributed by atoms with Crippen LogP contribution in [-0.2, 0) is 21.6 Å². The maximum absolute atomic E-state index is 12.1. The molecule has 0 bridgehead atoms. The van der Waals surface area contributed by atoms with Crippen LogP contribution in [-0.4, -0.2) is 51.6 Å². The fraction of sp³-hybridized carbons (Fsp3) is 0.250. The molecule has 0 saturated carbocycles. The Bertz CT molecular complexity index is 1270. The molecule has 5 rings (SSSR count). The topological polar surface area (TPSA) is 67.6 Å². The van der Waals surface area contributed by atoms with Crippen molar-refractivity contribution in [1.82, 2.24) is 14.7 Å². The Morgan fingerprint density at radius 1 is 0.947 bits per heavy atom. The van der Waals surface area contributed by atoms with Gasteiger partial charge in [0, 0.05) is 19.3 Å². The molecule has 2 heterocycles. The van der Waals surface area contributed by atoms with Crippen molar-refractivity contribution in [3.63, 3.8) is 0 Å². The summed E-state index contributed by atoms with van der Waals surface area (Å²) in [6.45, 7) is 3.39. The highest BCUT2D eigenvalue weighted by Gasteiger charge is 2.44. The number of benzene rings is 3. The van der Waals surface area contributed by atoms with Crippen molar-refractivity contribution in [3.05, 3.63) is 131 Å². The molecule has 3 aromatic carbocycles. The summed E-state index contributed by atoms with van der Waals surface area (Å²) in [5.41, 5.74) is 4.59. The van der Waals surface area contributed by atoms with E-state index < -0.39 is 11.6 Å². The molecule has 1 N–H and O–H groups in total. The Kier molecular flexibility index (Phi) is 7.82. The highest BCUT2D eigenvalue weighted by atomic mass is 16.5. The molecule has 1 saturated heterocycles. The quantitative estimate of drug-likeness (QED) is 0.272. The van der Waals surface area contributed by atoms with Gasteiger partial charge >= 0.3 is 5.97 Å². The molecule has 6 nitrogen and oxygen atoms in total. The van der Waals surface area contributed by atoms with Crippen LogP contribution in [0, 0.1) is 0 Å². The van der Waals surface area contributed by atoms with Gasteiger partial charge in [-0.05, 0) is 47.8 Å². The van der Waals surface area contributed by atoms with Gasteiger partial charge in [-0.3, -0.25) is 14.4 Å². The van der Waals surface area contributed by atoms with E-state index in [1.54, 1.807) is 17.8 Å². The van der Waals surface area contributed by atoms with Crippen LogP contribution in [0.25, 0.3) is 6.08 Å². The molecule has 1 aromatic heterocycles. The molecule has 1 aliphatic rings. The lowest BCUT2D eigenvalue weighted by atomic mass is 9.74. The van der Waals surface area contributed by atoms with E-state index in [0.29, 0.717) is 26.1 Å². The second-order valence-electron chi connectivity index (χ2n) is 9.47. The molecule has 0 aliphatic carbocycles. The summed E-state index contributed by atoms with van der Waals surface area (Å²) in [6, 6.07) is 33.6. The van der Waals surface area contributed by atoms with Crippen LogP contribution in [0.2, 0.25) is 0 Å². The second-order valence-corrected chi connectivity index (χ2v) is 9.47. The lowest BCUT2D eigenvalue weighted by molar-refractivity contribution is -0.144. The third-order valence-corrected chi connectivity index (χ3v) is 7.19. The lowest BCUT2D eigenvalue weighted by Crippen LogP contribution is -2.52. The van der Waals surface area contributed by atoms with Gasteiger partial charge in [-0.15, -0.1) is 0 Å². The first kappa shape index (κ1) is 25.6. The Labute approximate surface area is 223 Å². The van der Waals surface area contributed by atoms with Crippen LogP contribution >= 0.6 is 0 Å². The molecule has 0 spiro atoms.